The molecule has 0 aromatic rings. The first-order chi connectivity index (χ1) is 16.5. The van der Waals surface area contributed by atoms with Gasteiger partial charge >= 0.3 is 0 Å². The highest BCUT2D eigenvalue weighted by Crippen LogP contribution is 2.60. The summed E-state index contributed by atoms with van der Waals surface area (Å²) in [6, 6.07) is 0. The Kier molecular flexibility index (Phi) is 9.84. The molecule has 0 heterocycles. The molecule has 0 aliphatic heterocycles. The number of hydrogen-bond donors (Lipinski definition) is 4. The van der Waals surface area contributed by atoms with E-state index in [1.54, 1.807) is 0 Å². The van der Waals surface area contributed by atoms with Crippen LogP contribution in [-0.4, -0.2) is 57.6 Å². The standard InChI is InChI=1S/C30H50O5/c1-20(9-6-15-29(3,4)34)24-13-14-25-22(10-7-16-30(24,25)5)11-12-23-19-26(32)28(27(33)21(23)2)35-18-8-17-31/h11-12,20,24-28,31-34H,2,6-10,13-19H2,1,3-5H3/b22-11+,23-12+/t20-,24-,25?,26-,27-,28-,30-/m1/s1. The van der Waals surface area contributed by atoms with Crippen LogP contribution >= 0.6 is 0 Å². The maximum absolute atomic E-state index is 10.7. The number of fused-ring (bicyclic) bond motifs is 1. The molecule has 5 heteroatoms. The van der Waals surface area contributed by atoms with Crippen LogP contribution in [-0.2, 0) is 4.74 Å². The summed E-state index contributed by atoms with van der Waals surface area (Å²) in [7, 11) is 0. The molecular formula is C30H50O5. The molecule has 0 amide bonds. The first-order valence-corrected chi connectivity index (χ1v) is 13.9. The molecule has 0 aromatic heterocycles. The number of allylic oxidation sites excluding steroid dienone is 3. The Morgan fingerprint density at radius 1 is 1.20 bits per heavy atom. The zero-order valence-electron chi connectivity index (χ0n) is 22.5. The average Bonchev–Trinajstić information content (AvgIpc) is 3.14. The second-order valence-corrected chi connectivity index (χ2v) is 12.4. The van der Waals surface area contributed by atoms with Crippen molar-refractivity contribution >= 4 is 0 Å². The predicted molar refractivity (Wildman–Crippen MR) is 141 cm³/mol. The topological polar surface area (TPSA) is 90.2 Å². The van der Waals surface area contributed by atoms with Crippen molar-refractivity contribution in [2.75, 3.05) is 13.2 Å². The van der Waals surface area contributed by atoms with Gasteiger partial charge in [0.1, 0.15) is 12.2 Å². The second-order valence-electron chi connectivity index (χ2n) is 12.4. The fourth-order valence-electron chi connectivity index (χ4n) is 7.21. The van der Waals surface area contributed by atoms with Crippen molar-refractivity contribution in [1.82, 2.24) is 0 Å². The van der Waals surface area contributed by atoms with Crippen LogP contribution in [0.2, 0.25) is 0 Å². The molecule has 0 bridgehead atoms. The molecule has 1 unspecified atom stereocenters. The monoisotopic (exact) mass is 490 g/mol. The minimum absolute atomic E-state index is 0.0269. The lowest BCUT2D eigenvalue weighted by molar-refractivity contribution is -0.0968. The summed E-state index contributed by atoms with van der Waals surface area (Å²) in [5.41, 5.74) is 2.79. The molecule has 0 saturated heterocycles. The average molecular weight is 491 g/mol. The van der Waals surface area contributed by atoms with Gasteiger partial charge in [0.15, 0.2) is 0 Å². The summed E-state index contributed by atoms with van der Waals surface area (Å²) in [6.45, 7) is 13.2. The predicted octanol–water partition coefficient (Wildman–Crippen LogP) is 5.08. The lowest BCUT2D eigenvalue weighted by Gasteiger charge is -2.44. The molecule has 3 fully saturated rings. The quantitative estimate of drug-likeness (QED) is 0.321. The maximum Gasteiger partial charge on any atom is 0.114 e. The minimum Gasteiger partial charge on any atom is -0.396 e. The number of rotatable bonds is 10. The Labute approximate surface area is 213 Å². The van der Waals surface area contributed by atoms with Gasteiger partial charge in [0, 0.05) is 19.6 Å². The number of aliphatic hydroxyl groups excluding tert-OH is 3. The third kappa shape index (κ3) is 6.87. The number of hydrogen-bond acceptors (Lipinski definition) is 5. The van der Waals surface area contributed by atoms with Crippen molar-refractivity contribution in [3.8, 4) is 0 Å². The zero-order chi connectivity index (χ0) is 25.8. The van der Waals surface area contributed by atoms with Crippen LogP contribution in [0.3, 0.4) is 0 Å². The Balaban J connectivity index is 1.67. The molecule has 7 atom stereocenters. The summed E-state index contributed by atoms with van der Waals surface area (Å²) in [5, 5.41) is 40.4. The molecule has 3 saturated carbocycles. The summed E-state index contributed by atoms with van der Waals surface area (Å²) >= 11 is 0. The fourth-order valence-corrected chi connectivity index (χ4v) is 7.21. The van der Waals surface area contributed by atoms with E-state index in [9.17, 15) is 15.3 Å². The number of ether oxygens (including phenoxy) is 1. The van der Waals surface area contributed by atoms with Gasteiger partial charge in [-0.05, 0) is 93.1 Å². The van der Waals surface area contributed by atoms with Crippen LogP contribution in [0.25, 0.3) is 0 Å². The highest BCUT2D eigenvalue weighted by molar-refractivity contribution is 5.40. The van der Waals surface area contributed by atoms with Crippen LogP contribution in [0.1, 0.15) is 91.9 Å². The van der Waals surface area contributed by atoms with Crippen molar-refractivity contribution in [1.29, 1.82) is 0 Å². The molecule has 200 valence electrons. The minimum atomic E-state index is -0.931. The van der Waals surface area contributed by atoms with Gasteiger partial charge in [0.2, 0.25) is 0 Å². The number of aliphatic hydroxyl groups is 4. The van der Waals surface area contributed by atoms with E-state index in [2.05, 4.69) is 32.6 Å². The lowest BCUT2D eigenvalue weighted by atomic mass is 9.60. The van der Waals surface area contributed by atoms with E-state index in [0.717, 1.165) is 30.8 Å². The van der Waals surface area contributed by atoms with Gasteiger partial charge in [-0.1, -0.05) is 51.0 Å². The maximum atomic E-state index is 10.7. The summed E-state index contributed by atoms with van der Waals surface area (Å²) in [5.74, 6) is 1.98. The van der Waals surface area contributed by atoms with Crippen LogP contribution in [0.4, 0.5) is 0 Å². The van der Waals surface area contributed by atoms with Crippen LogP contribution < -0.4 is 0 Å². The molecule has 0 aromatic carbocycles. The van der Waals surface area contributed by atoms with E-state index in [1.807, 2.05) is 13.8 Å². The smallest absolute Gasteiger partial charge is 0.114 e. The fraction of sp³-hybridized carbons (Fsp3) is 0.800. The molecular weight excluding hydrogens is 440 g/mol. The van der Waals surface area contributed by atoms with E-state index in [1.165, 1.54) is 37.7 Å². The van der Waals surface area contributed by atoms with E-state index in [0.29, 0.717) is 42.3 Å². The molecule has 5 nitrogen and oxygen atoms in total. The van der Waals surface area contributed by atoms with Gasteiger partial charge in [-0.15, -0.1) is 0 Å². The van der Waals surface area contributed by atoms with Crippen molar-refractivity contribution in [3.63, 3.8) is 0 Å². The molecule has 35 heavy (non-hydrogen) atoms. The Hall–Kier alpha value is -0.980. The van der Waals surface area contributed by atoms with Gasteiger partial charge in [0.05, 0.1) is 11.7 Å². The van der Waals surface area contributed by atoms with Crippen LogP contribution in [0.5, 0.6) is 0 Å². The van der Waals surface area contributed by atoms with Crippen molar-refractivity contribution in [2.24, 2.45) is 23.2 Å². The SMILES string of the molecule is C=C1/C(=C/C=C2\CCC[C@@]3(C)C2CC[C@@H]3[C@H](C)CCCC(C)(C)O)C[C@@H](O)[C@@H](OCCCO)[C@@H]1O. The Morgan fingerprint density at radius 3 is 2.63 bits per heavy atom. The van der Waals surface area contributed by atoms with Crippen molar-refractivity contribution < 1.29 is 25.2 Å². The highest BCUT2D eigenvalue weighted by atomic mass is 16.5. The molecule has 3 aliphatic carbocycles. The Bertz CT molecular complexity index is 778. The Morgan fingerprint density at radius 2 is 1.94 bits per heavy atom. The van der Waals surface area contributed by atoms with E-state index in [4.69, 9.17) is 9.84 Å². The molecule has 0 spiro atoms. The third-order valence-electron chi connectivity index (χ3n) is 9.17. The van der Waals surface area contributed by atoms with Crippen LogP contribution in [0.15, 0.2) is 35.5 Å². The van der Waals surface area contributed by atoms with Crippen LogP contribution in [0, 0.1) is 23.2 Å². The lowest BCUT2D eigenvalue weighted by Crippen LogP contribution is -2.45. The highest BCUT2D eigenvalue weighted by Gasteiger charge is 2.50. The zero-order valence-corrected chi connectivity index (χ0v) is 22.5. The van der Waals surface area contributed by atoms with Gasteiger partial charge in [0.25, 0.3) is 0 Å². The van der Waals surface area contributed by atoms with Gasteiger partial charge < -0.3 is 25.2 Å². The van der Waals surface area contributed by atoms with Crippen molar-refractivity contribution in [3.05, 3.63) is 35.5 Å². The first kappa shape index (κ1) is 28.6. The van der Waals surface area contributed by atoms with Gasteiger partial charge in [-0.3, -0.25) is 0 Å². The largest absolute Gasteiger partial charge is 0.396 e. The molecule has 0 radical (unpaired) electrons. The summed E-state index contributed by atoms with van der Waals surface area (Å²) in [6.07, 6.45) is 12.1. The third-order valence-corrected chi connectivity index (χ3v) is 9.17. The summed E-state index contributed by atoms with van der Waals surface area (Å²) < 4.78 is 5.63. The van der Waals surface area contributed by atoms with Gasteiger partial charge in [-0.25, -0.2) is 0 Å². The van der Waals surface area contributed by atoms with Crippen molar-refractivity contribution in [2.45, 2.75) is 116 Å². The summed E-state index contributed by atoms with van der Waals surface area (Å²) in [4.78, 5) is 0. The molecule has 3 rings (SSSR count). The van der Waals surface area contributed by atoms with E-state index >= 15 is 0 Å². The molecule has 3 aliphatic rings. The first-order valence-electron chi connectivity index (χ1n) is 13.9. The normalized spacial score (nSPS) is 37.1. The molecule has 4 N–H and O–H groups in total. The van der Waals surface area contributed by atoms with E-state index < -0.39 is 23.9 Å². The van der Waals surface area contributed by atoms with E-state index in [-0.39, 0.29) is 6.61 Å². The van der Waals surface area contributed by atoms with Gasteiger partial charge in [-0.2, -0.15) is 0 Å². The second kappa shape index (κ2) is 12.0.